The number of hydrogen-bond acceptors (Lipinski definition) is 6. The zero-order valence-electron chi connectivity index (χ0n) is 19.1. The highest BCUT2D eigenvalue weighted by Crippen LogP contribution is 2.20. The highest BCUT2D eigenvalue weighted by atomic mass is 16.5. The first-order chi connectivity index (χ1) is 16.4. The van der Waals surface area contributed by atoms with Crippen LogP contribution < -0.4 is 10.6 Å². The minimum absolute atomic E-state index is 0.00664. The van der Waals surface area contributed by atoms with Crippen molar-refractivity contribution in [3.8, 4) is 0 Å². The minimum Gasteiger partial charge on any atom is -0.467 e. The topological polar surface area (TPSA) is 114 Å². The lowest BCUT2D eigenvalue weighted by Gasteiger charge is -2.24. The minimum atomic E-state index is -1.33. The Morgan fingerprint density at radius 3 is 2.29 bits per heavy atom. The third-order valence-corrected chi connectivity index (χ3v) is 5.36. The third-order valence-electron chi connectivity index (χ3n) is 5.36. The summed E-state index contributed by atoms with van der Waals surface area (Å²) < 4.78 is 10.0. The molecule has 8 nitrogen and oxygen atoms in total. The fraction of sp³-hybridized carbons (Fsp3) is 0.269. The van der Waals surface area contributed by atoms with E-state index in [9.17, 15) is 19.5 Å². The summed E-state index contributed by atoms with van der Waals surface area (Å²) in [5, 5.41) is 17.0. The van der Waals surface area contributed by atoms with Crippen molar-refractivity contribution in [2.75, 3.05) is 7.11 Å². The van der Waals surface area contributed by atoms with Gasteiger partial charge in [-0.25, -0.2) is 9.59 Å². The predicted molar refractivity (Wildman–Crippen MR) is 127 cm³/mol. The molecule has 0 aliphatic rings. The number of carbonyl (C=O) groups excluding carboxylic acids is 3. The molecule has 0 aliphatic heterocycles. The van der Waals surface area contributed by atoms with Crippen molar-refractivity contribution in [3.05, 3.63) is 83.9 Å². The molecular weight excluding hydrogens is 436 g/mol. The first-order valence-electron chi connectivity index (χ1n) is 10.9. The highest BCUT2D eigenvalue weighted by Gasteiger charge is 2.31. The van der Waals surface area contributed by atoms with E-state index >= 15 is 0 Å². The predicted octanol–water partition coefficient (Wildman–Crippen LogP) is 2.72. The van der Waals surface area contributed by atoms with Gasteiger partial charge in [-0.1, -0.05) is 72.8 Å². The number of esters is 1. The molecule has 0 aromatic heterocycles. The van der Waals surface area contributed by atoms with Crippen LogP contribution in [0.25, 0.3) is 10.8 Å². The van der Waals surface area contributed by atoms with Crippen LogP contribution in [0.3, 0.4) is 0 Å². The lowest BCUT2D eigenvalue weighted by Crippen LogP contribution is -2.56. The Bertz CT molecular complexity index is 1130. The van der Waals surface area contributed by atoms with Gasteiger partial charge in [-0.3, -0.25) is 4.79 Å². The molecule has 0 unspecified atom stereocenters. The molecule has 3 N–H and O–H groups in total. The van der Waals surface area contributed by atoms with E-state index in [2.05, 4.69) is 10.6 Å². The van der Waals surface area contributed by atoms with E-state index in [-0.39, 0.29) is 13.0 Å². The van der Waals surface area contributed by atoms with Crippen LogP contribution in [0.1, 0.15) is 18.1 Å². The lowest BCUT2D eigenvalue weighted by molar-refractivity contribution is -0.145. The first kappa shape index (κ1) is 24.7. The standard InChI is InChI=1S/C26H28N2O6/c1-17(29)23(28-26(32)34-16-18-9-4-3-5-10-18)24(30)27-22(25(31)33-2)15-20-13-8-12-19-11-6-7-14-21(19)20/h3-14,17,22-23,29H,15-16H2,1-2H3,(H,27,30)(H,28,32)/t17-,22-,23+/m1/s1. The molecule has 8 heteroatoms. The van der Waals surface area contributed by atoms with Crippen LogP contribution in [0.15, 0.2) is 72.8 Å². The number of ether oxygens (including phenoxy) is 2. The van der Waals surface area contributed by atoms with Crippen molar-refractivity contribution in [3.63, 3.8) is 0 Å². The largest absolute Gasteiger partial charge is 0.467 e. The van der Waals surface area contributed by atoms with E-state index in [1.165, 1.54) is 14.0 Å². The molecule has 0 bridgehead atoms. The second-order valence-corrected chi connectivity index (χ2v) is 7.85. The van der Waals surface area contributed by atoms with Gasteiger partial charge in [-0.05, 0) is 28.8 Å². The van der Waals surface area contributed by atoms with E-state index in [4.69, 9.17) is 9.47 Å². The van der Waals surface area contributed by atoms with Crippen molar-refractivity contribution in [2.24, 2.45) is 0 Å². The Hall–Kier alpha value is -3.91. The van der Waals surface area contributed by atoms with Crippen molar-refractivity contribution in [1.29, 1.82) is 0 Å². The second-order valence-electron chi connectivity index (χ2n) is 7.85. The molecule has 3 aromatic carbocycles. The van der Waals surface area contributed by atoms with Crippen LogP contribution in [0.5, 0.6) is 0 Å². The van der Waals surface area contributed by atoms with Gasteiger partial charge in [0, 0.05) is 6.42 Å². The maximum Gasteiger partial charge on any atom is 0.408 e. The number of hydrogen-bond donors (Lipinski definition) is 3. The van der Waals surface area contributed by atoms with Gasteiger partial charge in [0.15, 0.2) is 0 Å². The monoisotopic (exact) mass is 464 g/mol. The normalized spacial score (nSPS) is 13.4. The molecule has 0 spiro atoms. The zero-order chi connectivity index (χ0) is 24.5. The fourth-order valence-corrected chi connectivity index (χ4v) is 3.58. The summed E-state index contributed by atoms with van der Waals surface area (Å²) in [4.78, 5) is 37.6. The number of aliphatic hydroxyl groups is 1. The molecule has 3 atom stereocenters. The Morgan fingerprint density at radius 2 is 1.59 bits per heavy atom. The maximum absolute atomic E-state index is 12.9. The Kier molecular flexibility index (Phi) is 8.59. The van der Waals surface area contributed by atoms with Crippen LogP contribution in [-0.4, -0.2) is 48.4 Å². The second kappa shape index (κ2) is 11.8. The van der Waals surface area contributed by atoms with Gasteiger partial charge in [0.2, 0.25) is 5.91 Å². The van der Waals surface area contributed by atoms with Crippen LogP contribution in [0.2, 0.25) is 0 Å². The molecule has 2 amide bonds. The molecule has 0 aliphatic carbocycles. The zero-order valence-corrected chi connectivity index (χ0v) is 19.1. The molecular formula is C26H28N2O6. The number of benzene rings is 3. The number of rotatable bonds is 9. The number of amides is 2. The molecule has 0 heterocycles. The first-order valence-corrected chi connectivity index (χ1v) is 10.9. The molecule has 0 fully saturated rings. The third kappa shape index (κ3) is 6.55. The molecule has 178 valence electrons. The smallest absolute Gasteiger partial charge is 0.408 e. The van der Waals surface area contributed by atoms with Crippen molar-refractivity contribution < 1.29 is 29.0 Å². The number of carbonyl (C=O) groups is 3. The molecule has 34 heavy (non-hydrogen) atoms. The summed E-state index contributed by atoms with van der Waals surface area (Å²) in [7, 11) is 1.23. The van der Waals surface area contributed by atoms with Crippen molar-refractivity contribution in [1.82, 2.24) is 10.6 Å². The summed E-state index contributed by atoms with van der Waals surface area (Å²) in [5.41, 5.74) is 1.62. The van der Waals surface area contributed by atoms with Crippen molar-refractivity contribution in [2.45, 2.75) is 38.1 Å². The summed E-state index contributed by atoms with van der Waals surface area (Å²) in [5.74, 6) is -1.38. The quantitative estimate of drug-likeness (QED) is 0.420. The SMILES string of the molecule is COC(=O)[C@@H](Cc1cccc2ccccc12)NC(=O)[C@@H](NC(=O)OCc1ccccc1)[C@@H](C)O. The van der Waals surface area contributed by atoms with E-state index in [1.54, 1.807) is 12.1 Å². The van der Waals surface area contributed by atoms with Crippen LogP contribution in [0, 0.1) is 0 Å². The average molecular weight is 465 g/mol. The van der Waals surface area contributed by atoms with Gasteiger partial charge in [0.1, 0.15) is 18.7 Å². The molecule has 3 aromatic rings. The van der Waals surface area contributed by atoms with Gasteiger partial charge in [0.25, 0.3) is 0 Å². The van der Waals surface area contributed by atoms with E-state index in [1.807, 2.05) is 60.7 Å². The summed E-state index contributed by atoms with van der Waals surface area (Å²) in [6.45, 7) is 1.37. The van der Waals surface area contributed by atoms with Crippen LogP contribution >= 0.6 is 0 Å². The molecule has 3 rings (SSSR count). The summed E-state index contributed by atoms with van der Waals surface area (Å²) in [6, 6.07) is 20.1. The van der Waals surface area contributed by atoms with Gasteiger partial charge >= 0.3 is 12.1 Å². The average Bonchev–Trinajstić information content (AvgIpc) is 2.85. The van der Waals surface area contributed by atoms with Crippen molar-refractivity contribution >= 4 is 28.7 Å². The number of alkyl carbamates (subject to hydrolysis) is 1. The van der Waals surface area contributed by atoms with Gasteiger partial charge in [0.05, 0.1) is 13.2 Å². The number of nitrogens with one attached hydrogen (secondary N) is 2. The Labute approximate surface area is 197 Å². The van der Waals surface area contributed by atoms with Crippen LogP contribution in [0.4, 0.5) is 4.79 Å². The van der Waals surface area contributed by atoms with Gasteiger partial charge in [-0.15, -0.1) is 0 Å². The number of fused-ring (bicyclic) bond motifs is 1. The lowest BCUT2D eigenvalue weighted by atomic mass is 9.98. The Balaban J connectivity index is 1.69. The highest BCUT2D eigenvalue weighted by molar-refractivity contribution is 5.91. The number of methoxy groups -OCH3 is 1. The van der Waals surface area contributed by atoms with E-state index in [0.717, 1.165) is 21.9 Å². The van der Waals surface area contributed by atoms with Crippen LogP contribution in [-0.2, 0) is 32.1 Å². The van der Waals surface area contributed by atoms with E-state index < -0.39 is 36.2 Å². The maximum atomic E-state index is 12.9. The number of aliphatic hydroxyl groups excluding tert-OH is 1. The molecule has 0 saturated carbocycles. The van der Waals surface area contributed by atoms with Gasteiger partial charge < -0.3 is 25.2 Å². The molecule has 0 saturated heterocycles. The van der Waals surface area contributed by atoms with E-state index in [0.29, 0.717) is 0 Å². The Morgan fingerprint density at radius 1 is 0.912 bits per heavy atom. The fourth-order valence-electron chi connectivity index (χ4n) is 3.58. The summed E-state index contributed by atoms with van der Waals surface area (Å²) in [6.07, 6.45) is -1.93. The summed E-state index contributed by atoms with van der Waals surface area (Å²) >= 11 is 0. The molecule has 0 radical (unpaired) electrons. The van der Waals surface area contributed by atoms with Gasteiger partial charge in [-0.2, -0.15) is 0 Å².